The summed E-state index contributed by atoms with van der Waals surface area (Å²) in [6.07, 6.45) is 0. The van der Waals surface area contributed by atoms with Gasteiger partial charge in [0.15, 0.2) is 0 Å². The number of nitrogens with zero attached hydrogens (tertiary/aromatic N) is 1. The first-order valence-electron chi connectivity index (χ1n) is 4.66. The maximum absolute atomic E-state index is 8.82. The summed E-state index contributed by atoms with van der Waals surface area (Å²) >= 11 is 0. The highest BCUT2D eigenvalue weighted by Crippen LogP contribution is 2.18. The standard InChI is InChI=1S/C10H15NO2/c1-8-2-3-10(13-8)6-11-4-9(5-11)7-12/h2-3,9,12H,4-7H2,1H3. The molecule has 1 aromatic heterocycles. The van der Waals surface area contributed by atoms with E-state index in [1.807, 2.05) is 19.1 Å². The molecule has 0 unspecified atom stereocenters. The average molecular weight is 181 g/mol. The fourth-order valence-corrected chi connectivity index (χ4v) is 1.71. The van der Waals surface area contributed by atoms with Crippen LogP contribution >= 0.6 is 0 Å². The second-order valence-corrected chi connectivity index (χ2v) is 3.76. The summed E-state index contributed by atoms with van der Waals surface area (Å²) in [5, 5.41) is 8.82. The second kappa shape index (κ2) is 3.52. The highest BCUT2D eigenvalue weighted by atomic mass is 16.3. The summed E-state index contributed by atoms with van der Waals surface area (Å²) < 4.78 is 5.45. The van der Waals surface area contributed by atoms with Crippen molar-refractivity contribution in [3.05, 3.63) is 23.7 Å². The Morgan fingerprint density at radius 3 is 2.85 bits per heavy atom. The minimum atomic E-state index is 0.313. The zero-order chi connectivity index (χ0) is 9.26. The van der Waals surface area contributed by atoms with Crippen LogP contribution in [0.1, 0.15) is 11.5 Å². The molecule has 0 aliphatic carbocycles. The average Bonchev–Trinajstić information content (AvgIpc) is 2.43. The van der Waals surface area contributed by atoms with E-state index in [9.17, 15) is 0 Å². The second-order valence-electron chi connectivity index (χ2n) is 3.76. The van der Waals surface area contributed by atoms with Gasteiger partial charge in [0.2, 0.25) is 0 Å². The molecule has 2 heterocycles. The van der Waals surface area contributed by atoms with Crippen molar-refractivity contribution >= 4 is 0 Å². The molecule has 0 radical (unpaired) electrons. The van der Waals surface area contributed by atoms with Gasteiger partial charge in [0, 0.05) is 25.6 Å². The summed E-state index contributed by atoms with van der Waals surface area (Å²) in [7, 11) is 0. The molecule has 3 nitrogen and oxygen atoms in total. The van der Waals surface area contributed by atoms with Crippen LogP contribution in [0.5, 0.6) is 0 Å². The van der Waals surface area contributed by atoms with Gasteiger partial charge in [0.05, 0.1) is 6.54 Å². The van der Waals surface area contributed by atoms with E-state index in [0.717, 1.165) is 31.2 Å². The van der Waals surface area contributed by atoms with Crippen LogP contribution in [-0.2, 0) is 6.54 Å². The lowest BCUT2D eigenvalue weighted by Crippen LogP contribution is -2.47. The Morgan fingerprint density at radius 2 is 2.31 bits per heavy atom. The molecular weight excluding hydrogens is 166 g/mol. The molecule has 0 bridgehead atoms. The lowest BCUT2D eigenvalue weighted by molar-refractivity contribution is 0.0427. The fourth-order valence-electron chi connectivity index (χ4n) is 1.71. The molecule has 0 atom stereocenters. The van der Waals surface area contributed by atoms with E-state index in [0.29, 0.717) is 12.5 Å². The Kier molecular flexibility index (Phi) is 2.38. The Labute approximate surface area is 78.0 Å². The van der Waals surface area contributed by atoms with Crippen LogP contribution in [0.2, 0.25) is 0 Å². The molecule has 3 heteroatoms. The van der Waals surface area contributed by atoms with Crippen molar-refractivity contribution in [1.29, 1.82) is 0 Å². The first-order chi connectivity index (χ1) is 6.28. The highest BCUT2D eigenvalue weighted by Gasteiger charge is 2.26. The molecule has 1 aliphatic rings. The van der Waals surface area contributed by atoms with Gasteiger partial charge >= 0.3 is 0 Å². The van der Waals surface area contributed by atoms with Crippen LogP contribution in [0, 0.1) is 12.8 Å². The van der Waals surface area contributed by atoms with Crippen molar-refractivity contribution < 1.29 is 9.52 Å². The Bertz CT molecular complexity index is 276. The SMILES string of the molecule is Cc1ccc(CN2CC(CO)C2)o1. The third kappa shape index (κ3) is 1.92. The maximum atomic E-state index is 8.82. The van der Waals surface area contributed by atoms with Crippen LogP contribution in [0.4, 0.5) is 0 Å². The van der Waals surface area contributed by atoms with Gasteiger partial charge in [-0.05, 0) is 19.1 Å². The van der Waals surface area contributed by atoms with Crippen molar-refractivity contribution in [2.45, 2.75) is 13.5 Å². The highest BCUT2D eigenvalue weighted by molar-refractivity contribution is 5.05. The van der Waals surface area contributed by atoms with Gasteiger partial charge in [-0.15, -0.1) is 0 Å². The van der Waals surface area contributed by atoms with Gasteiger partial charge in [-0.3, -0.25) is 4.90 Å². The zero-order valence-electron chi connectivity index (χ0n) is 7.86. The molecule has 2 rings (SSSR count). The van der Waals surface area contributed by atoms with Crippen LogP contribution in [0.3, 0.4) is 0 Å². The van der Waals surface area contributed by atoms with E-state index < -0.39 is 0 Å². The molecule has 0 aromatic carbocycles. The summed E-state index contributed by atoms with van der Waals surface area (Å²) in [4.78, 5) is 2.28. The monoisotopic (exact) mass is 181 g/mol. The molecule has 1 N–H and O–H groups in total. The third-order valence-corrected chi connectivity index (χ3v) is 2.47. The number of hydrogen-bond acceptors (Lipinski definition) is 3. The van der Waals surface area contributed by atoms with E-state index in [4.69, 9.17) is 9.52 Å². The Hall–Kier alpha value is -0.800. The molecule has 1 aliphatic heterocycles. The number of furan rings is 1. The molecular formula is C10H15NO2. The van der Waals surface area contributed by atoms with Gasteiger partial charge in [0.1, 0.15) is 11.5 Å². The van der Waals surface area contributed by atoms with E-state index >= 15 is 0 Å². The van der Waals surface area contributed by atoms with Crippen molar-refractivity contribution in [3.8, 4) is 0 Å². The van der Waals surface area contributed by atoms with Gasteiger partial charge in [0.25, 0.3) is 0 Å². The van der Waals surface area contributed by atoms with Crippen molar-refractivity contribution in [1.82, 2.24) is 4.90 Å². The first kappa shape index (κ1) is 8.78. The normalized spacial score (nSPS) is 18.9. The van der Waals surface area contributed by atoms with Gasteiger partial charge in [-0.2, -0.15) is 0 Å². The smallest absolute Gasteiger partial charge is 0.118 e. The number of aryl methyl sites for hydroxylation is 1. The maximum Gasteiger partial charge on any atom is 0.118 e. The van der Waals surface area contributed by atoms with Crippen molar-refractivity contribution in [2.24, 2.45) is 5.92 Å². The minimum Gasteiger partial charge on any atom is -0.465 e. The van der Waals surface area contributed by atoms with Gasteiger partial charge in [-0.1, -0.05) is 0 Å². The summed E-state index contributed by atoms with van der Waals surface area (Å²) in [5.41, 5.74) is 0. The number of aliphatic hydroxyl groups is 1. The zero-order valence-corrected chi connectivity index (χ0v) is 7.86. The van der Waals surface area contributed by atoms with Crippen LogP contribution in [0.15, 0.2) is 16.5 Å². The van der Waals surface area contributed by atoms with E-state index in [-0.39, 0.29) is 0 Å². The van der Waals surface area contributed by atoms with E-state index in [2.05, 4.69) is 4.90 Å². The summed E-state index contributed by atoms with van der Waals surface area (Å²) in [5.74, 6) is 2.47. The van der Waals surface area contributed by atoms with Crippen LogP contribution in [-0.4, -0.2) is 29.7 Å². The first-order valence-corrected chi connectivity index (χ1v) is 4.66. The quantitative estimate of drug-likeness (QED) is 0.756. The van der Waals surface area contributed by atoms with Gasteiger partial charge in [-0.25, -0.2) is 0 Å². The number of likely N-dealkylation sites (tertiary alicyclic amines) is 1. The largest absolute Gasteiger partial charge is 0.465 e. The van der Waals surface area contributed by atoms with Gasteiger partial charge < -0.3 is 9.52 Å². The molecule has 1 aromatic rings. The lowest BCUT2D eigenvalue weighted by atomic mass is 10.0. The Balaban J connectivity index is 1.81. The molecule has 72 valence electrons. The van der Waals surface area contributed by atoms with Crippen LogP contribution < -0.4 is 0 Å². The third-order valence-electron chi connectivity index (χ3n) is 2.47. The van der Waals surface area contributed by atoms with E-state index in [1.54, 1.807) is 0 Å². The molecule has 1 fully saturated rings. The Morgan fingerprint density at radius 1 is 1.54 bits per heavy atom. The molecule has 0 saturated carbocycles. The van der Waals surface area contributed by atoms with Crippen molar-refractivity contribution in [3.63, 3.8) is 0 Å². The molecule has 1 saturated heterocycles. The lowest BCUT2D eigenvalue weighted by Gasteiger charge is -2.37. The predicted octanol–water partition coefficient (Wildman–Crippen LogP) is 1.01. The number of hydrogen-bond donors (Lipinski definition) is 1. The number of rotatable bonds is 3. The predicted molar refractivity (Wildman–Crippen MR) is 49.3 cm³/mol. The van der Waals surface area contributed by atoms with Crippen LogP contribution in [0.25, 0.3) is 0 Å². The summed E-state index contributed by atoms with van der Waals surface area (Å²) in [6, 6.07) is 4.00. The topological polar surface area (TPSA) is 36.6 Å². The molecule has 13 heavy (non-hydrogen) atoms. The van der Waals surface area contributed by atoms with Crippen molar-refractivity contribution in [2.75, 3.05) is 19.7 Å². The number of aliphatic hydroxyl groups excluding tert-OH is 1. The summed E-state index contributed by atoms with van der Waals surface area (Å²) in [6.45, 7) is 5.14. The minimum absolute atomic E-state index is 0.313. The molecule has 0 amide bonds. The fraction of sp³-hybridized carbons (Fsp3) is 0.600. The van der Waals surface area contributed by atoms with E-state index in [1.165, 1.54) is 0 Å². The molecule has 0 spiro atoms.